The number of fused-ring (bicyclic) bond motifs is 1. The highest BCUT2D eigenvalue weighted by molar-refractivity contribution is 7.18. The number of likely N-dealkylation sites (N-methyl/N-ethyl adjacent to an activating group) is 1. The molecule has 0 unspecified atom stereocenters. The topological polar surface area (TPSA) is 15.3 Å². The van der Waals surface area contributed by atoms with Gasteiger partial charge in [-0.15, -0.1) is 11.3 Å². The fourth-order valence-corrected chi connectivity index (χ4v) is 3.62. The molecular formula is C13H15ClN2S. The number of rotatable bonds is 2. The summed E-state index contributed by atoms with van der Waals surface area (Å²) in [6.45, 7) is 2.21. The molecule has 1 aromatic carbocycles. The highest BCUT2D eigenvalue weighted by Gasteiger charge is 2.22. The fourth-order valence-electron chi connectivity index (χ4n) is 2.50. The lowest BCUT2D eigenvalue weighted by Gasteiger charge is -2.20. The largest absolute Gasteiger partial charge is 0.369 e. The monoisotopic (exact) mass is 266 g/mol. The van der Waals surface area contributed by atoms with Gasteiger partial charge in [-0.3, -0.25) is 0 Å². The van der Waals surface area contributed by atoms with Gasteiger partial charge in [0.25, 0.3) is 0 Å². The maximum atomic E-state index is 6.21. The summed E-state index contributed by atoms with van der Waals surface area (Å²) in [5.74, 6) is 0. The number of nitrogens with zero attached hydrogens (tertiary/aromatic N) is 1. The number of hydrogen-bond donors (Lipinski definition) is 1. The molecule has 90 valence electrons. The molecule has 1 saturated heterocycles. The first-order valence-electron chi connectivity index (χ1n) is 5.87. The summed E-state index contributed by atoms with van der Waals surface area (Å²) in [5.41, 5.74) is 1.32. The van der Waals surface area contributed by atoms with Crippen molar-refractivity contribution in [3.63, 3.8) is 0 Å². The lowest BCUT2D eigenvalue weighted by atomic mass is 10.2. The third-order valence-corrected chi connectivity index (χ3v) is 4.86. The number of hydrogen-bond acceptors (Lipinski definition) is 3. The molecular weight excluding hydrogens is 252 g/mol. The quantitative estimate of drug-likeness (QED) is 0.897. The summed E-state index contributed by atoms with van der Waals surface area (Å²) in [6.07, 6.45) is 1.21. The van der Waals surface area contributed by atoms with Crippen LogP contribution >= 0.6 is 22.9 Å². The zero-order chi connectivity index (χ0) is 11.8. The van der Waals surface area contributed by atoms with E-state index < -0.39 is 0 Å². The third-order valence-electron chi connectivity index (χ3n) is 3.48. The molecule has 3 rings (SSSR count). The van der Waals surface area contributed by atoms with Crippen LogP contribution in [0.15, 0.2) is 23.6 Å². The third kappa shape index (κ3) is 1.92. The number of nitrogens with one attached hydrogen (secondary N) is 1. The average molecular weight is 267 g/mol. The van der Waals surface area contributed by atoms with E-state index in [1.54, 1.807) is 11.3 Å². The first-order valence-corrected chi connectivity index (χ1v) is 7.13. The van der Waals surface area contributed by atoms with Gasteiger partial charge in [0, 0.05) is 30.2 Å². The number of anilines is 1. The molecule has 1 fully saturated rings. The van der Waals surface area contributed by atoms with Gasteiger partial charge in [0.1, 0.15) is 0 Å². The van der Waals surface area contributed by atoms with E-state index in [9.17, 15) is 0 Å². The maximum absolute atomic E-state index is 6.21. The summed E-state index contributed by atoms with van der Waals surface area (Å²) < 4.78 is 1.21. The SMILES string of the molecule is CN[C@H]1CCN(c2ccc(Cl)c3sccc23)C1. The molecule has 4 heteroatoms. The van der Waals surface area contributed by atoms with Crippen LogP contribution in [0.4, 0.5) is 5.69 Å². The van der Waals surface area contributed by atoms with Crippen molar-refractivity contribution >= 4 is 38.7 Å². The Hall–Kier alpha value is -0.770. The van der Waals surface area contributed by atoms with Crippen LogP contribution in [-0.2, 0) is 0 Å². The van der Waals surface area contributed by atoms with Crippen LogP contribution in [0.2, 0.25) is 5.02 Å². The number of benzene rings is 1. The van der Waals surface area contributed by atoms with E-state index >= 15 is 0 Å². The van der Waals surface area contributed by atoms with Gasteiger partial charge >= 0.3 is 0 Å². The lowest BCUT2D eigenvalue weighted by Crippen LogP contribution is -2.29. The molecule has 2 aromatic rings. The Bertz CT molecular complexity index is 537. The van der Waals surface area contributed by atoms with Crippen molar-refractivity contribution in [2.24, 2.45) is 0 Å². The Morgan fingerprint density at radius 3 is 3.06 bits per heavy atom. The minimum Gasteiger partial charge on any atom is -0.369 e. The molecule has 0 bridgehead atoms. The first kappa shape index (κ1) is 11.3. The summed E-state index contributed by atoms with van der Waals surface area (Å²) in [6, 6.07) is 6.95. The van der Waals surface area contributed by atoms with Crippen LogP contribution in [0.25, 0.3) is 10.1 Å². The van der Waals surface area contributed by atoms with Crippen LogP contribution in [-0.4, -0.2) is 26.2 Å². The highest BCUT2D eigenvalue weighted by Crippen LogP contribution is 2.36. The summed E-state index contributed by atoms with van der Waals surface area (Å²) in [7, 11) is 2.04. The van der Waals surface area contributed by atoms with Crippen molar-refractivity contribution in [3.8, 4) is 0 Å². The minimum absolute atomic E-state index is 0.611. The van der Waals surface area contributed by atoms with Crippen LogP contribution in [0.1, 0.15) is 6.42 Å². The molecule has 1 aliphatic rings. The van der Waals surface area contributed by atoms with Crippen LogP contribution in [0, 0.1) is 0 Å². The van der Waals surface area contributed by atoms with Gasteiger partial charge < -0.3 is 10.2 Å². The van der Waals surface area contributed by atoms with Crippen molar-refractivity contribution < 1.29 is 0 Å². The Kier molecular flexibility index (Phi) is 2.99. The highest BCUT2D eigenvalue weighted by atomic mass is 35.5. The minimum atomic E-state index is 0.611. The standard InChI is InChI=1S/C13H15ClN2S/c1-15-9-4-6-16(8-9)12-3-2-11(14)13-10(12)5-7-17-13/h2-3,5,7,9,15H,4,6,8H2,1H3/t9-/m0/s1. The second-order valence-electron chi connectivity index (χ2n) is 4.45. The molecule has 2 nitrogen and oxygen atoms in total. The molecule has 1 atom stereocenters. The Morgan fingerprint density at radius 2 is 2.29 bits per heavy atom. The van der Waals surface area contributed by atoms with E-state index in [0.29, 0.717) is 6.04 Å². The summed E-state index contributed by atoms with van der Waals surface area (Å²) in [4.78, 5) is 2.45. The second kappa shape index (κ2) is 4.48. The Balaban J connectivity index is 2.01. The van der Waals surface area contributed by atoms with E-state index in [4.69, 9.17) is 11.6 Å². The lowest BCUT2D eigenvalue weighted by molar-refractivity contribution is 0.617. The molecule has 17 heavy (non-hydrogen) atoms. The van der Waals surface area contributed by atoms with E-state index in [1.807, 2.05) is 13.1 Å². The van der Waals surface area contributed by atoms with Gasteiger partial charge in [-0.2, -0.15) is 0 Å². The summed E-state index contributed by atoms with van der Waals surface area (Å²) >= 11 is 7.93. The van der Waals surface area contributed by atoms with E-state index in [2.05, 4.69) is 27.7 Å². The molecule has 1 aliphatic heterocycles. The molecule has 0 aliphatic carbocycles. The van der Waals surface area contributed by atoms with Crippen molar-refractivity contribution in [1.82, 2.24) is 5.32 Å². The maximum Gasteiger partial charge on any atom is 0.0585 e. The van der Waals surface area contributed by atoms with Crippen molar-refractivity contribution in [3.05, 3.63) is 28.6 Å². The molecule has 2 heterocycles. The molecule has 0 radical (unpaired) electrons. The van der Waals surface area contributed by atoms with Gasteiger partial charge in [0.15, 0.2) is 0 Å². The Morgan fingerprint density at radius 1 is 1.41 bits per heavy atom. The smallest absolute Gasteiger partial charge is 0.0585 e. The van der Waals surface area contributed by atoms with E-state index in [1.165, 1.54) is 22.2 Å². The van der Waals surface area contributed by atoms with Gasteiger partial charge in [-0.1, -0.05) is 11.6 Å². The zero-order valence-electron chi connectivity index (χ0n) is 9.74. The first-order chi connectivity index (χ1) is 8.29. The van der Waals surface area contributed by atoms with Crippen molar-refractivity contribution in [2.45, 2.75) is 12.5 Å². The molecule has 0 saturated carbocycles. The molecule has 0 spiro atoms. The average Bonchev–Trinajstić information content (AvgIpc) is 2.98. The predicted octanol–water partition coefficient (Wildman–Crippen LogP) is 3.35. The van der Waals surface area contributed by atoms with Crippen molar-refractivity contribution in [1.29, 1.82) is 0 Å². The number of halogens is 1. The van der Waals surface area contributed by atoms with Gasteiger partial charge in [-0.05, 0) is 37.0 Å². The fraction of sp³-hybridized carbons (Fsp3) is 0.385. The zero-order valence-corrected chi connectivity index (χ0v) is 11.3. The van der Waals surface area contributed by atoms with E-state index in [0.717, 1.165) is 18.1 Å². The van der Waals surface area contributed by atoms with E-state index in [-0.39, 0.29) is 0 Å². The second-order valence-corrected chi connectivity index (χ2v) is 5.77. The van der Waals surface area contributed by atoms with Gasteiger partial charge in [0.05, 0.1) is 9.72 Å². The molecule has 1 aromatic heterocycles. The van der Waals surface area contributed by atoms with Gasteiger partial charge in [-0.25, -0.2) is 0 Å². The Labute approximate surface area is 110 Å². The van der Waals surface area contributed by atoms with Crippen LogP contribution < -0.4 is 10.2 Å². The predicted molar refractivity (Wildman–Crippen MR) is 76.5 cm³/mol. The van der Waals surface area contributed by atoms with Gasteiger partial charge in [0.2, 0.25) is 0 Å². The van der Waals surface area contributed by atoms with Crippen LogP contribution in [0.5, 0.6) is 0 Å². The molecule has 1 N–H and O–H groups in total. The normalized spacial score (nSPS) is 20.4. The number of thiophene rings is 1. The van der Waals surface area contributed by atoms with Crippen LogP contribution in [0.3, 0.4) is 0 Å². The molecule has 0 amide bonds. The van der Waals surface area contributed by atoms with Crippen molar-refractivity contribution in [2.75, 3.05) is 25.0 Å². The summed E-state index contributed by atoms with van der Waals surface area (Å²) in [5, 5.41) is 7.62.